The molecule has 4 rings (SSSR count). The molecular formula is C18H24N6OS. The van der Waals surface area contributed by atoms with Crippen LogP contribution in [0.3, 0.4) is 0 Å². The van der Waals surface area contributed by atoms with Crippen LogP contribution in [0.5, 0.6) is 0 Å². The third kappa shape index (κ3) is 3.90. The molecule has 7 nitrogen and oxygen atoms in total. The normalized spacial score (nSPS) is 18.1. The minimum atomic E-state index is -0.0397. The van der Waals surface area contributed by atoms with Gasteiger partial charge in [0.05, 0.1) is 0 Å². The predicted octanol–water partition coefficient (Wildman–Crippen LogP) is 2.88. The maximum Gasteiger partial charge on any atom is 0.321 e. The summed E-state index contributed by atoms with van der Waals surface area (Å²) in [5.41, 5.74) is 0.829. The van der Waals surface area contributed by atoms with Crippen LogP contribution in [0.1, 0.15) is 19.3 Å². The second-order valence-electron chi connectivity index (χ2n) is 6.69. The number of hydrogen-bond donors (Lipinski definition) is 1. The lowest BCUT2D eigenvalue weighted by molar-refractivity contribution is 0.208. The number of para-hydroxylation sites is 1. The molecule has 1 aromatic heterocycles. The Morgan fingerprint density at radius 2 is 1.65 bits per heavy atom. The summed E-state index contributed by atoms with van der Waals surface area (Å²) in [6, 6.07) is 9.54. The maximum absolute atomic E-state index is 12.4. The first-order valence-electron chi connectivity index (χ1n) is 9.24. The van der Waals surface area contributed by atoms with Crippen LogP contribution >= 0.6 is 11.5 Å². The fourth-order valence-electron chi connectivity index (χ4n) is 3.38. The van der Waals surface area contributed by atoms with E-state index >= 15 is 0 Å². The summed E-state index contributed by atoms with van der Waals surface area (Å²) in [6.07, 6.45) is 3.76. The van der Waals surface area contributed by atoms with Gasteiger partial charge in [-0.15, -0.1) is 0 Å². The number of carbonyl (C=O) groups is 1. The molecule has 2 amide bonds. The monoisotopic (exact) mass is 372 g/mol. The average Bonchev–Trinajstić information content (AvgIpc) is 3.20. The molecule has 0 saturated carbocycles. The van der Waals surface area contributed by atoms with E-state index in [1.165, 1.54) is 30.8 Å². The van der Waals surface area contributed by atoms with Crippen molar-refractivity contribution in [3.05, 3.63) is 30.3 Å². The third-order valence-electron chi connectivity index (χ3n) is 4.91. The van der Waals surface area contributed by atoms with Crippen LogP contribution in [-0.2, 0) is 0 Å². The Morgan fingerprint density at radius 1 is 0.923 bits per heavy atom. The zero-order valence-electron chi connectivity index (χ0n) is 14.8. The molecule has 0 spiro atoms. The first kappa shape index (κ1) is 17.1. The van der Waals surface area contributed by atoms with Gasteiger partial charge in [-0.1, -0.05) is 18.2 Å². The fourth-order valence-corrected chi connectivity index (χ4v) is 4.12. The van der Waals surface area contributed by atoms with Gasteiger partial charge in [-0.05, 0) is 31.4 Å². The smallest absolute Gasteiger partial charge is 0.321 e. The number of amides is 2. The van der Waals surface area contributed by atoms with E-state index in [2.05, 4.69) is 19.5 Å². The largest absolute Gasteiger partial charge is 0.343 e. The van der Waals surface area contributed by atoms with Crippen LogP contribution in [-0.4, -0.2) is 59.6 Å². The fraction of sp³-hybridized carbons (Fsp3) is 0.500. The number of anilines is 3. The van der Waals surface area contributed by atoms with Gasteiger partial charge in [0, 0.05) is 56.5 Å². The van der Waals surface area contributed by atoms with Gasteiger partial charge in [-0.25, -0.2) is 4.79 Å². The first-order chi connectivity index (χ1) is 12.8. The molecule has 0 unspecified atom stereocenters. The number of benzene rings is 1. The molecule has 0 bridgehead atoms. The summed E-state index contributed by atoms with van der Waals surface area (Å²) in [7, 11) is 0. The van der Waals surface area contributed by atoms with Gasteiger partial charge in [0.25, 0.3) is 0 Å². The molecule has 26 heavy (non-hydrogen) atoms. The van der Waals surface area contributed by atoms with Crippen molar-refractivity contribution in [2.45, 2.75) is 19.3 Å². The third-order valence-corrected chi connectivity index (χ3v) is 5.67. The molecule has 3 heterocycles. The van der Waals surface area contributed by atoms with Crippen molar-refractivity contribution in [3.8, 4) is 0 Å². The molecule has 0 atom stereocenters. The van der Waals surface area contributed by atoms with E-state index in [4.69, 9.17) is 4.98 Å². The summed E-state index contributed by atoms with van der Waals surface area (Å²) in [5.74, 6) is 0.869. The minimum Gasteiger partial charge on any atom is -0.343 e. The number of hydrogen-bond acceptors (Lipinski definition) is 6. The van der Waals surface area contributed by atoms with Crippen LogP contribution < -0.4 is 15.1 Å². The first-order valence-corrected chi connectivity index (χ1v) is 10.0. The quantitative estimate of drug-likeness (QED) is 0.897. The molecule has 2 aliphatic heterocycles. The summed E-state index contributed by atoms with van der Waals surface area (Å²) in [6.45, 7) is 5.08. The molecule has 1 N–H and O–H groups in total. The number of carbonyl (C=O) groups excluding carboxylic acids is 1. The molecule has 1 aromatic carbocycles. The summed E-state index contributed by atoms with van der Waals surface area (Å²) in [4.78, 5) is 23.5. The highest BCUT2D eigenvalue weighted by Gasteiger charge is 2.24. The molecule has 2 fully saturated rings. The standard InChI is InChI=1S/C18H24N6OS/c25-17(19-15-7-3-1-4-8-15)23-11-13-24(14-12-23)18-20-16(21-26-18)22-9-5-2-6-10-22/h1,3-4,7-8H,2,5-6,9-14H2,(H,19,25). The van der Waals surface area contributed by atoms with E-state index < -0.39 is 0 Å². The Bertz CT molecular complexity index is 722. The molecule has 0 aliphatic carbocycles. The van der Waals surface area contributed by atoms with Crippen molar-refractivity contribution < 1.29 is 4.79 Å². The van der Waals surface area contributed by atoms with Crippen LogP contribution in [0.4, 0.5) is 21.6 Å². The van der Waals surface area contributed by atoms with Crippen molar-refractivity contribution in [1.29, 1.82) is 0 Å². The molecule has 2 aliphatic rings. The highest BCUT2D eigenvalue weighted by Crippen LogP contribution is 2.25. The molecule has 0 radical (unpaired) electrons. The highest BCUT2D eigenvalue weighted by molar-refractivity contribution is 7.09. The Morgan fingerprint density at radius 3 is 2.38 bits per heavy atom. The number of aromatic nitrogens is 2. The molecule has 2 saturated heterocycles. The summed E-state index contributed by atoms with van der Waals surface area (Å²) >= 11 is 1.47. The van der Waals surface area contributed by atoms with Crippen molar-refractivity contribution in [3.63, 3.8) is 0 Å². The zero-order valence-corrected chi connectivity index (χ0v) is 15.6. The van der Waals surface area contributed by atoms with Crippen molar-refractivity contribution in [2.24, 2.45) is 0 Å². The second kappa shape index (κ2) is 7.90. The molecule has 8 heteroatoms. The van der Waals surface area contributed by atoms with E-state index in [0.29, 0.717) is 13.1 Å². The van der Waals surface area contributed by atoms with Crippen LogP contribution in [0.25, 0.3) is 0 Å². The van der Waals surface area contributed by atoms with Gasteiger partial charge < -0.3 is 20.0 Å². The van der Waals surface area contributed by atoms with Crippen LogP contribution in [0, 0.1) is 0 Å². The number of rotatable bonds is 3. The van der Waals surface area contributed by atoms with Crippen molar-refractivity contribution in [1.82, 2.24) is 14.3 Å². The lowest BCUT2D eigenvalue weighted by Crippen LogP contribution is -2.50. The molecule has 2 aromatic rings. The summed E-state index contributed by atoms with van der Waals surface area (Å²) in [5, 5.41) is 3.92. The lowest BCUT2D eigenvalue weighted by atomic mass is 10.1. The van der Waals surface area contributed by atoms with Gasteiger partial charge >= 0.3 is 6.03 Å². The number of piperidine rings is 1. The second-order valence-corrected chi connectivity index (χ2v) is 7.43. The number of nitrogens with zero attached hydrogens (tertiary/aromatic N) is 5. The lowest BCUT2D eigenvalue weighted by Gasteiger charge is -2.34. The van der Waals surface area contributed by atoms with E-state index in [1.54, 1.807) is 0 Å². The van der Waals surface area contributed by atoms with Gasteiger partial charge in [-0.2, -0.15) is 9.36 Å². The van der Waals surface area contributed by atoms with E-state index in [0.717, 1.165) is 42.9 Å². The maximum atomic E-state index is 12.4. The number of nitrogens with one attached hydrogen (secondary N) is 1. The predicted molar refractivity (Wildman–Crippen MR) is 105 cm³/mol. The van der Waals surface area contributed by atoms with Gasteiger partial charge in [0.1, 0.15) is 0 Å². The minimum absolute atomic E-state index is 0.0397. The van der Waals surface area contributed by atoms with E-state index in [9.17, 15) is 4.79 Å². The highest BCUT2D eigenvalue weighted by atomic mass is 32.1. The average molecular weight is 372 g/mol. The molecule has 138 valence electrons. The van der Waals surface area contributed by atoms with Crippen LogP contribution in [0.2, 0.25) is 0 Å². The van der Waals surface area contributed by atoms with Crippen LogP contribution in [0.15, 0.2) is 30.3 Å². The number of piperazine rings is 1. The Kier molecular flexibility index (Phi) is 5.19. The van der Waals surface area contributed by atoms with E-state index in [1.807, 2.05) is 35.2 Å². The zero-order chi connectivity index (χ0) is 17.8. The Labute approximate surface area is 157 Å². The Hall–Kier alpha value is -2.35. The van der Waals surface area contributed by atoms with Gasteiger partial charge in [0.2, 0.25) is 11.1 Å². The summed E-state index contributed by atoms with van der Waals surface area (Å²) < 4.78 is 4.55. The van der Waals surface area contributed by atoms with Gasteiger partial charge in [0.15, 0.2) is 0 Å². The van der Waals surface area contributed by atoms with E-state index in [-0.39, 0.29) is 6.03 Å². The SMILES string of the molecule is O=C(Nc1ccccc1)N1CCN(c2nc(N3CCCCC3)ns2)CC1. The Balaban J connectivity index is 1.31. The number of urea groups is 1. The van der Waals surface area contributed by atoms with Crippen molar-refractivity contribution in [2.75, 3.05) is 54.4 Å². The van der Waals surface area contributed by atoms with Gasteiger partial charge in [-0.3, -0.25) is 0 Å². The molecular weight excluding hydrogens is 348 g/mol. The topological polar surface area (TPSA) is 64.6 Å². The van der Waals surface area contributed by atoms with Crippen molar-refractivity contribution >= 4 is 34.3 Å².